The molecule has 0 radical (unpaired) electrons. The molecule has 310 valence electrons. The summed E-state index contributed by atoms with van der Waals surface area (Å²) in [5.74, 6) is 1.99. The van der Waals surface area contributed by atoms with Gasteiger partial charge >= 0.3 is 0 Å². The molecule has 0 fully saturated rings. The molecule has 4 nitrogen and oxygen atoms in total. The largest absolute Gasteiger partial charge is 0.456 e. The van der Waals surface area contributed by atoms with Crippen molar-refractivity contribution in [3.63, 3.8) is 0 Å². The van der Waals surface area contributed by atoms with Crippen LogP contribution in [0.25, 0.3) is 128 Å². The number of hydrogen-bond donors (Lipinski definition) is 0. The highest BCUT2D eigenvalue weighted by molar-refractivity contribution is 7.20. The van der Waals surface area contributed by atoms with Crippen LogP contribution in [0.4, 0.5) is 0 Å². The van der Waals surface area contributed by atoms with Crippen LogP contribution in [0, 0.1) is 0 Å². The molecule has 0 saturated carbocycles. The van der Waals surface area contributed by atoms with Gasteiger partial charge in [0.05, 0.1) is 0 Å². The predicted octanol–water partition coefficient (Wildman–Crippen LogP) is 16.8. The number of aromatic nitrogens is 3. The third-order valence-electron chi connectivity index (χ3n) is 13.0. The van der Waals surface area contributed by atoms with E-state index in [0.29, 0.717) is 17.5 Å². The van der Waals surface area contributed by atoms with Crippen molar-refractivity contribution >= 4 is 60.2 Å². The molecule has 0 unspecified atom stereocenters. The Labute approximate surface area is 385 Å². The lowest BCUT2D eigenvalue weighted by Gasteiger charge is -2.12. The number of fused-ring (bicyclic) bond motifs is 7. The van der Waals surface area contributed by atoms with E-state index in [1.165, 1.54) is 42.8 Å². The van der Waals surface area contributed by atoms with E-state index in [-0.39, 0.29) is 0 Å². The molecule has 0 spiro atoms. The fraction of sp³-hybridized carbons (Fsp3) is 0.0328. The van der Waals surface area contributed by atoms with Crippen LogP contribution < -0.4 is 0 Å². The van der Waals surface area contributed by atoms with Gasteiger partial charge in [-0.2, -0.15) is 0 Å². The summed E-state index contributed by atoms with van der Waals surface area (Å²) in [4.78, 5) is 17.0. The van der Waals surface area contributed by atoms with Gasteiger partial charge in [-0.25, -0.2) is 15.0 Å². The fourth-order valence-electron chi connectivity index (χ4n) is 9.70. The molecule has 0 amide bonds. The van der Waals surface area contributed by atoms with Crippen LogP contribution in [0.3, 0.4) is 0 Å². The molecule has 0 bridgehead atoms. The molecule has 0 atom stereocenters. The summed E-state index contributed by atoms with van der Waals surface area (Å²) in [5, 5.41) is 5.72. The number of furan rings is 1. The van der Waals surface area contributed by atoms with Crippen LogP contribution in [0.1, 0.15) is 16.9 Å². The van der Waals surface area contributed by atoms with Crippen LogP contribution in [-0.2, 0) is 6.42 Å². The van der Waals surface area contributed by atoms with E-state index in [0.717, 1.165) is 84.5 Å². The Bertz CT molecular complexity index is 3850. The minimum atomic E-state index is 0.647. The summed E-state index contributed by atoms with van der Waals surface area (Å²) in [6.07, 6.45) is 6.60. The molecule has 3 aromatic heterocycles. The van der Waals surface area contributed by atoms with E-state index in [1.54, 1.807) is 0 Å². The first-order chi connectivity index (χ1) is 32.7. The molecule has 9 aromatic carbocycles. The quantitative estimate of drug-likeness (QED) is 0.160. The highest BCUT2D eigenvalue weighted by Gasteiger charge is 2.21. The van der Waals surface area contributed by atoms with Crippen LogP contribution in [0.15, 0.2) is 211 Å². The Balaban J connectivity index is 0.890. The third-order valence-corrected chi connectivity index (χ3v) is 14.2. The Kier molecular flexibility index (Phi) is 9.14. The van der Waals surface area contributed by atoms with Crippen molar-refractivity contribution in [3.8, 4) is 78.7 Å². The fourth-order valence-corrected chi connectivity index (χ4v) is 10.9. The highest BCUT2D eigenvalue weighted by atomic mass is 32.1. The number of rotatable bonds is 7. The van der Waals surface area contributed by atoms with Gasteiger partial charge in [0.2, 0.25) is 0 Å². The van der Waals surface area contributed by atoms with Crippen molar-refractivity contribution in [1.29, 1.82) is 0 Å². The SMILES string of the molecule is C1=Cc2sc3cccc(-c4nc(-c5ccc(-c6ccccc6)cc5)nc(-c5ccc6cc(-c7cccc8oc9ccc(-c%10ccc(-c%11ccccc%11)cc%10)cc9c78)ccc6c5)n4)c3c2CC1. The van der Waals surface area contributed by atoms with Gasteiger partial charge in [-0.1, -0.05) is 170 Å². The van der Waals surface area contributed by atoms with Gasteiger partial charge in [-0.3, -0.25) is 0 Å². The maximum atomic E-state index is 6.47. The molecule has 1 aliphatic carbocycles. The number of allylic oxidation sites excluding steroid dienone is 1. The molecule has 3 heterocycles. The molecule has 5 heteroatoms. The number of hydrogen-bond acceptors (Lipinski definition) is 5. The van der Waals surface area contributed by atoms with Crippen LogP contribution >= 0.6 is 11.3 Å². The Morgan fingerprint density at radius 2 is 0.955 bits per heavy atom. The molecule has 13 rings (SSSR count). The molecular weight excluding hydrogens is 823 g/mol. The zero-order valence-corrected chi connectivity index (χ0v) is 36.6. The van der Waals surface area contributed by atoms with Gasteiger partial charge < -0.3 is 4.42 Å². The smallest absolute Gasteiger partial charge is 0.164 e. The predicted molar refractivity (Wildman–Crippen MR) is 275 cm³/mol. The summed E-state index contributed by atoms with van der Waals surface area (Å²) >= 11 is 1.85. The topological polar surface area (TPSA) is 51.8 Å². The van der Waals surface area contributed by atoms with Gasteiger partial charge in [-0.15, -0.1) is 11.3 Å². The molecule has 0 aliphatic heterocycles. The minimum absolute atomic E-state index is 0.647. The monoisotopic (exact) mass is 861 g/mol. The number of thiophene rings is 1. The summed E-state index contributed by atoms with van der Waals surface area (Å²) in [6.45, 7) is 0. The van der Waals surface area contributed by atoms with Crippen LogP contribution in [0.5, 0.6) is 0 Å². The van der Waals surface area contributed by atoms with Crippen molar-refractivity contribution in [3.05, 3.63) is 217 Å². The van der Waals surface area contributed by atoms with E-state index in [1.807, 2.05) is 17.4 Å². The van der Waals surface area contributed by atoms with Crippen LogP contribution in [0.2, 0.25) is 0 Å². The highest BCUT2D eigenvalue weighted by Crippen LogP contribution is 2.42. The standard InChI is InChI=1S/C61H39N3OS/c1-3-11-38(12-4-1)40-21-23-42(24-22-40)46-33-34-53-52(37-46)57-49(16-9-18-54(57)65-53)47-31-29-45-36-48(32-30-44(45)35-47)60-62-59(43-27-25-41(26-28-43)39-13-5-2-6-14-39)63-61(64-60)51-17-10-20-56-58(51)50-15-7-8-19-55(50)66-56/h1-6,8-14,16-37H,7,15H2. The van der Waals surface area contributed by atoms with Gasteiger partial charge in [0.25, 0.3) is 0 Å². The van der Waals surface area contributed by atoms with Gasteiger partial charge in [0.15, 0.2) is 17.5 Å². The van der Waals surface area contributed by atoms with Crippen molar-refractivity contribution in [2.75, 3.05) is 0 Å². The van der Waals surface area contributed by atoms with E-state index in [2.05, 4.69) is 206 Å². The van der Waals surface area contributed by atoms with E-state index < -0.39 is 0 Å². The number of aryl methyl sites for hydroxylation is 1. The average Bonchev–Trinajstić information content (AvgIpc) is 3.97. The number of nitrogens with zero attached hydrogens (tertiary/aromatic N) is 3. The van der Waals surface area contributed by atoms with E-state index >= 15 is 0 Å². The molecule has 0 N–H and O–H groups in total. The molecule has 0 saturated heterocycles. The van der Waals surface area contributed by atoms with Crippen molar-refractivity contribution in [2.45, 2.75) is 12.8 Å². The Morgan fingerprint density at radius 1 is 0.394 bits per heavy atom. The van der Waals surface area contributed by atoms with Crippen molar-refractivity contribution in [1.82, 2.24) is 15.0 Å². The summed E-state index contributed by atoms with van der Waals surface area (Å²) in [7, 11) is 0. The summed E-state index contributed by atoms with van der Waals surface area (Å²) in [5.41, 5.74) is 15.4. The van der Waals surface area contributed by atoms with Crippen LogP contribution in [-0.4, -0.2) is 15.0 Å². The second-order valence-corrected chi connectivity index (χ2v) is 18.1. The zero-order valence-electron chi connectivity index (χ0n) is 35.8. The minimum Gasteiger partial charge on any atom is -0.456 e. The normalized spacial score (nSPS) is 12.4. The lowest BCUT2D eigenvalue weighted by atomic mass is 9.95. The summed E-state index contributed by atoms with van der Waals surface area (Å²) < 4.78 is 7.73. The van der Waals surface area contributed by atoms with Crippen molar-refractivity contribution < 1.29 is 4.42 Å². The first-order valence-electron chi connectivity index (χ1n) is 22.5. The second-order valence-electron chi connectivity index (χ2n) is 17.0. The first-order valence-corrected chi connectivity index (χ1v) is 23.3. The second kappa shape index (κ2) is 15.8. The first kappa shape index (κ1) is 38.2. The molecule has 1 aliphatic rings. The average molecular weight is 862 g/mol. The molecular formula is C61H39N3OS. The maximum absolute atomic E-state index is 6.47. The van der Waals surface area contributed by atoms with Gasteiger partial charge in [-0.05, 0) is 116 Å². The van der Waals surface area contributed by atoms with E-state index in [9.17, 15) is 0 Å². The molecule has 66 heavy (non-hydrogen) atoms. The number of benzene rings is 9. The van der Waals surface area contributed by atoms with Gasteiger partial charge in [0, 0.05) is 42.4 Å². The Hall–Kier alpha value is -8.25. The molecule has 12 aromatic rings. The summed E-state index contributed by atoms with van der Waals surface area (Å²) in [6, 6.07) is 71.0. The van der Waals surface area contributed by atoms with Crippen molar-refractivity contribution in [2.24, 2.45) is 0 Å². The zero-order chi connectivity index (χ0) is 43.6. The van der Waals surface area contributed by atoms with Gasteiger partial charge in [0.1, 0.15) is 11.2 Å². The lowest BCUT2D eigenvalue weighted by molar-refractivity contribution is 0.669. The van der Waals surface area contributed by atoms with E-state index in [4.69, 9.17) is 19.4 Å². The lowest BCUT2D eigenvalue weighted by Crippen LogP contribution is -2.01. The Morgan fingerprint density at radius 3 is 1.68 bits per heavy atom. The maximum Gasteiger partial charge on any atom is 0.164 e. The third kappa shape index (κ3) is 6.72.